The highest BCUT2D eigenvalue weighted by atomic mass is 16.5. The number of nitrogens with zero attached hydrogens (tertiary/aromatic N) is 1. The van der Waals surface area contributed by atoms with Crippen molar-refractivity contribution in [2.75, 3.05) is 18.6 Å². The molecule has 0 saturated carbocycles. The van der Waals surface area contributed by atoms with Gasteiger partial charge in [-0.25, -0.2) is 0 Å². The summed E-state index contributed by atoms with van der Waals surface area (Å²) in [5, 5.41) is 0. The Hall–Kier alpha value is -2.43. The third kappa shape index (κ3) is 1.96. The largest absolute Gasteiger partial charge is 0.466 e. The minimum absolute atomic E-state index is 0.216. The number of anilines is 1. The Morgan fingerprint density at radius 2 is 2.04 bits per heavy atom. The summed E-state index contributed by atoms with van der Waals surface area (Å²) in [5.41, 5.74) is 0.572. The zero-order valence-corrected chi connectivity index (χ0v) is 13.5. The first kappa shape index (κ1) is 15.5. The number of rotatable bonds is 2. The molecular formula is C18H19NO4. The first-order valence-electron chi connectivity index (χ1n) is 7.70. The number of hydrogen-bond donors (Lipinski definition) is 0. The van der Waals surface area contributed by atoms with Crippen molar-refractivity contribution in [3.8, 4) is 0 Å². The Kier molecular flexibility index (Phi) is 3.59. The zero-order chi connectivity index (χ0) is 16.8. The van der Waals surface area contributed by atoms with Crippen LogP contribution < -0.4 is 4.90 Å². The van der Waals surface area contributed by atoms with Crippen LogP contribution in [-0.4, -0.2) is 31.3 Å². The van der Waals surface area contributed by atoms with E-state index in [-0.39, 0.29) is 18.3 Å². The molecule has 1 aromatic rings. The number of fused-ring (bicyclic) bond motifs is 2. The summed E-state index contributed by atoms with van der Waals surface area (Å²) in [6, 6.07) is 7.15. The molecule has 0 radical (unpaired) electrons. The van der Waals surface area contributed by atoms with Crippen LogP contribution in [0.5, 0.6) is 0 Å². The maximum absolute atomic E-state index is 13.0. The van der Waals surface area contributed by atoms with E-state index in [9.17, 15) is 14.4 Å². The number of esters is 1. The van der Waals surface area contributed by atoms with Crippen LogP contribution in [0.1, 0.15) is 25.8 Å². The van der Waals surface area contributed by atoms with E-state index < -0.39 is 17.3 Å². The number of ketones is 1. The average Bonchev–Trinajstić information content (AvgIpc) is 2.74. The van der Waals surface area contributed by atoms with Crippen molar-refractivity contribution in [3.63, 3.8) is 0 Å². The number of carbonyl (C=O) groups is 3. The van der Waals surface area contributed by atoms with Gasteiger partial charge in [0.25, 0.3) is 0 Å². The van der Waals surface area contributed by atoms with Crippen LogP contribution in [0.2, 0.25) is 0 Å². The van der Waals surface area contributed by atoms with Crippen LogP contribution in [-0.2, 0) is 24.5 Å². The third-order valence-electron chi connectivity index (χ3n) is 4.72. The second-order valence-electron chi connectivity index (χ2n) is 6.05. The number of hydrogen-bond acceptors (Lipinski definition) is 4. The normalized spacial score (nSPS) is 26.3. The van der Waals surface area contributed by atoms with Crippen molar-refractivity contribution in [2.45, 2.75) is 25.7 Å². The van der Waals surface area contributed by atoms with Gasteiger partial charge in [-0.15, -0.1) is 0 Å². The van der Waals surface area contributed by atoms with Crippen molar-refractivity contribution in [3.05, 3.63) is 41.5 Å². The molecule has 0 bridgehead atoms. The topological polar surface area (TPSA) is 63.7 Å². The first-order valence-corrected chi connectivity index (χ1v) is 7.70. The van der Waals surface area contributed by atoms with Crippen molar-refractivity contribution < 1.29 is 19.1 Å². The average molecular weight is 313 g/mol. The van der Waals surface area contributed by atoms with Gasteiger partial charge >= 0.3 is 5.97 Å². The maximum Gasteiger partial charge on any atom is 0.311 e. The quantitative estimate of drug-likeness (QED) is 0.619. The van der Waals surface area contributed by atoms with E-state index in [1.165, 1.54) is 11.0 Å². The summed E-state index contributed by atoms with van der Waals surface area (Å²) in [7, 11) is 1.64. The van der Waals surface area contributed by atoms with Crippen molar-refractivity contribution in [1.82, 2.24) is 0 Å². The molecule has 1 aromatic carbocycles. The van der Waals surface area contributed by atoms with Crippen molar-refractivity contribution in [2.24, 2.45) is 5.92 Å². The van der Waals surface area contributed by atoms with Gasteiger partial charge in [-0.3, -0.25) is 14.4 Å². The molecule has 2 aliphatic rings. The number of carbonyl (C=O) groups excluding carboxylic acids is 3. The molecule has 1 aliphatic carbocycles. The van der Waals surface area contributed by atoms with Gasteiger partial charge in [-0.2, -0.15) is 0 Å². The van der Waals surface area contributed by atoms with Crippen LogP contribution in [0.3, 0.4) is 0 Å². The van der Waals surface area contributed by atoms with E-state index in [2.05, 4.69) is 0 Å². The second kappa shape index (κ2) is 5.33. The summed E-state index contributed by atoms with van der Waals surface area (Å²) in [6.45, 7) is 3.73. The molecular weight excluding hydrogens is 294 g/mol. The third-order valence-corrected chi connectivity index (χ3v) is 4.72. The van der Waals surface area contributed by atoms with Crippen molar-refractivity contribution >= 4 is 23.3 Å². The van der Waals surface area contributed by atoms with Crippen LogP contribution >= 0.6 is 0 Å². The molecule has 3 rings (SSSR count). The molecule has 2 atom stereocenters. The van der Waals surface area contributed by atoms with Gasteiger partial charge in [0.15, 0.2) is 11.2 Å². The highest BCUT2D eigenvalue weighted by molar-refractivity contribution is 6.27. The van der Waals surface area contributed by atoms with Crippen LogP contribution in [0.15, 0.2) is 35.9 Å². The molecule has 0 N–H and O–H groups in total. The van der Waals surface area contributed by atoms with Gasteiger partial charge < -0.3 is 9.64 Å². The fourth-order valence-electron chi connectivity index (χ4n) is 3.71. The van der Waals surface area contributed by atoms with E-state index in [1.54, 1.807) is 39.1 Å². The molecule has 1 aliphatic heterocycles. The Labute approximate surface area is 134 Å². The lowest BCUT2D eigenvalue weighted by Gasteiger charge is -2.36. The summed E-state index contributed by atoms with van der Waals surface area (Å²) >= 11 is 0. The predicted octanol–water partition coefficient (Wildman–Crippen LogP) is 2.00. The van der Waals surface area contributed by atoms with E-state index in [1.807, 2.05) is 6.07 Å². The van der Waals surface area contributed by atoms with E-state index >= 15 is 0 Å². The summed E-state index contributed by atoms with van der Waals surface area (Å²) in [5.74, 6) is -2.00. The number of likely N-dealkylation sites (N-methyl/N-ethyl adjacent to an activating group) is 1. The molecule has 0 fully saturated rings. The van der Waals surface area contributed by atoms with Crippen LogP contribution in [0, 0.1) is 5.92 Å². The van der Waals surface area contributed by atoms with Crippen LogP contribution in [0.25, 0.3) is 0 Å². The van der Waals surface area contributed by atoms with Gasteiger partial charge in [0.05, 0.1) is 12.5 Å². The SMILES string of the molecule is CCOC(=O)[C@H]1CC(C)=CC(=O)[C@]12C(=O)N(C)c1ccccc12. The van der Waals surface area contributed by atoms with E-state index in [0.717, 1.165) is 5.57 Å². The Morgan fingerprint density at radius 1 is 1.35 bits per heavy atom. The summed E-state index contributed by atoms with van der Waals surface area (Å²) < 4.78 is 5.17. The molecule has 0 aromatic heterocycles. The number of amides is 1. The fourth-order valence-corrected chi connectivity index (χ4v) is 3.71. The first-order chi connectivity index (χ1) is 10.9. The van der Waals surface area contributed by atoms with Gasteiger partial charge in [0.2, 0.25) is 5.91 Å². The molecule has 5 nitrogen and oxygen atoms in total. The zero-order valence-electron chi connectivity index (χ0n) is 13.5. The number of allylic oxidation sites excluding steroid dienone is 2. The Balaban J connectivity index is 2.26. The Morgan fingerprint density at radius 3 is 2.74 bits per heavy atom. The fraction of sp³-hybridized carbons (Fsp3) is 0.389. The van der Waals surface area contributed by atoms with Gasteiger partial charge in [0, 0.05) is 18.3 Å². The molecule has 5 heteroatoms. The lowest BCUT2D eigenvalue weighted by molar-refractivity contribution is -0.156. The molecule has 1 amide bonds. The smallest absolute Gasteiger partial charge is 0.311 e. The number of benzene rings is 1. The number of ether oxygens (including phenoxy) is 1. The summed E-state index contributed by atoms with van der Waals surface area (Å²) in [4.78, 5) is 40.0. The standard InChI is InChI=1S/C18H19NO4/c1-4-23-16(21)13-9-11(2)10-15(20)18(13)12-7-5-6-8-14(12)19(3)17(18)22/h5-8,10,13H,4,9H2,1-3H3/t13-,18-/m1/s1. The molecule has 0 saturated heterocycles. The minimum Gasteiger partial charge on any atom is -0.466 e. The second-order valence-corrected chi connectivity index (χ2v) is 6.05. The Bertz CT molecular complexity index is 736. The molecule has 23 heavy (non-hydrogen) atoms. The van der Waals surface area contributed by atoms with E-state index in [0.29, 0.717) is 17.7 Å². The summed E-state index contributed by atoms with van der Waals surface area (Å²) in [6.07, 6.45) is 1.84. The molecule has 1 heterocycles. The predicted molar refractivity (Wildman–Crippen MR) is 85.0 cm³/mol. The van der Waals surface area contributed by atoms with Gasteiger partial charge in [0.1, 0.15) is 0 Å². The molecule has 120 valence electrons. The highest BCUT2D eigenvalue weighted by Crippen LogP contribution is 2.50. The van der Waals surface area contributed by atoms with Crippen LogP contribution in [0.4, 0.5) is 5.69 Å². The van der Waals surface area contributed by atoms with Gasteiger partial charge in [-0.05, 0) is 32.4 Å². The molecule has 0 unspecified atom stereocenters. The highest BCUT2D eigenvalue weighted by Gasteiger charge is 2.62. The lowest BCUT2D eigenvalue weighted by Crippen LogP contribution is -2.54. The lowest BCUT2D eigenvalue weighted by atomic mass is 9.63. The molecule has 1 spiro atoms. The van der Waals surface area contributed by atoms with Crippen molar-refractivity contribution in [1.29, 1.82) is 0 Å². The maximum atomic E-state index is 13.0. The number of para-hydroxylation sites is 1. The minimum atomic E-state index is -1.49. The van der Waals surface area contributed by atoms with Gasteiger partial charge in [-0.1, -0.05) is 23.8 Å². The van der Waals surface area contributed by atoms with E-state index in [4.69, 9.17) is 4.74 Å². The monoisotopic (exact) mass is 313 g/mol.